The zero-order valence-electron chi connectivity index (χ0n) is 76.1. The van der Waals surface area contributed by atoms with Crippen LogP contribution in [0, 0.1) is 23.7 Å². The van der Waals surface area contributed by atoms with Gasteiger partial charge in [-0.25, -0.2) is 9.48 Å². The van der Waals surface area contributed by atoms with Crippen molar-refractivity contribution in [2.45, 2.75) is 224 Å². The third-order valence-electron chi connectivity index (χ3n) is 24.1. The number of aromatic nitrogens is 6. The number of Topliss-reactive ketones (excluding diaryl/α,β-unsaturated/α-hetero) is 3. The number of nitrogen functional groups attached to an aromatic ring is 2. The lowest BCUT2D eigenvalue weighted by Gasteiger charge is -2.40. The van der Waals surface area contributed by atoms with E-state index in [1.54, 1.807) is 32.7 Å². The average Bonchev–Trinajstić information content (AvgIpc) is 1.61. The number of carbonyl (C=O) groups is 6. The summed E-state index contributed by atoms with van der Waals surface area (Å²) >= 11 is 0. The molecule has 3 aliphatic heterocycles. The highest BCUT2D eigenvalue weighted by atomic mass is 16.6. The number of unbranched alkanes of at least 4 members (excludes halogenated alkanes) is 1. The fraction of sp³-hybridized carbons (Fsp3) is 0.621. The number of oxazole rings is 1. The predicted molar refractivity (Wildman–Crippen MR) is 481 cm³/mol. The largest absolute Gasteiger partial charge is 0.459 e. The first kappa shape index (κ1) is 102. The fourth-order valence-electron chi connectivity index (χ4n) is 16.7. The van der Waals surface area contributed by atoms with Gasteiger partial charge in [-0.15, -0.1) is 5.10 Å². The molecule has 3 fully saturated rings. The number of aryl methyl sites for hydroxylation is 1. The Morgan fingerprint density at radius 2 is 1.38 bits per heavy atom. The van der Waals surface area contributed by atoms with Crippen LogP contribution in [0.15, 0.2) is 119 Å². The molecule has 34 heteroatoms. The van der Waals surface area contributed by atoms with E-state index in [1.165, 1.54) is 13.0 Å². The van der Waals surface area contributed by atoms with Gasteiger partial charge in [0.05, 0.1) is 160 Å². The van der Waals surface area contributed by atoms with Gasteiger partial charge in [0.15, 0.2) is 11.4 Å². The Kier molecular flexibility index (Phi) is 42.4. The number of piperidine rings is 1. The molecule has 2 saturated heterocycles. The Bertz CT molecular complexity index is 4610. The van der Waals surface area contributed by atoms with Crippen LogP contribution in [0.1, 0.15) is 154 Å². The van der Waals surface area contributed by atoms with Gasteiger partial charge in [-0.1, -0.05) is 92.8 Å². The number of nitrogens with zero attached hydrogens (tertiary/aromatic N) is 7. The number of methoxy groups -OCH3 is 2. The van der Waals surface area contributed by atoms with E-state index in [4.69, 9.17) is 88.3 Å². The summed E-state index contributed by atoms with van der Waals surface area (Å²) in [5, 5.41) is 51.8. The number of benzene rings is 3. The Morgan fingerprint density at radius 1 is 0.705 bits per heavy atom. The van der Waals surface area contributed by atoms with Crippen molar-refractivity contribution in [3.63, 3.8) is 0 Å². The number of ketones is 3. The topological polar surface area (TPSA) is 451 Å². The first-order chi connectivity index (χ1) is 62.4. The van der Waals surface area contributed by atoms with E-state index >= 15 is 0 Å². The Labute approximate surface area is 755 Å². The number of fused-ring (bicyclic) bond motifs is 5. The van der Waals surface area contributed by atoms with E-state index in [0.29, 0.717) is 206 Å². The van der Waals surface area contributed by atoms with E-state index in [2.05, 4.69) is 20.6 Å². The second kappa shape index (κ2) is 53.6. The molecule has 129 heavy (non-hydrogen) atoms. The predicted octanol–water partition coefficient (Wildman–Crippen LogP) is 8.82. The molecule has 1 aliphatic carbocycles. The van der Waals surface area contributed by atoms with E-state index in [9.17, 15) is 44.1 Å². The van der Waals surface area contributed by atoms with Gasteiger partial charge in [-0.3, -0.25) is 28.7 Å². The monoisotopic (exact) mass is 1800 g/mol. The van der Waals surface area contributed by atoms with Crippen molar-refractivity contribution >= 4 is 68.8 Å². The van der Waals surface area contributed by atoms with E-state index < -0.39 is 89.5 Å². The minimum atomic E-state index is -2.45. The third-order valence-corrected chi connectivity index (χ3v) is 24.1. The lowest BCUT2D eigenvalue weighted by molar-refractivity contribution is -0.245. The summed E-state index contributed by atoms with van der Waals surface area (Å²) in [5.74, 6) is -8.19. The molecule has 6 heterocycles. The van der Waals surface area contributed by atoms with Crippen molar-refractivity contribution in [1.29, 1.82) is 0 Å². The molecule has 0 unspecified atom stereocenters. The number of nitrogens with one attached hydrogen (secondary N) is 1. The van der Waals surface area contributed by atoms with Gasteiger partial charge in [0.25, 0.3) is 17.7 Å². The number of nitrogens with two attached hydrogens (primary N) is 3. The molecular weight excluding hydrogens is 1660 g/mol. The first-order valence-corrected chi connectivity index (χ1v) is 45.7. The Hall–Kier alpha value is -8.92. The number of aliphatic hydroxyl groups is 3. The van der Waals surface area contributed by atoms with Gasteiger partial charge in [0.2, 0.25) is 11.7 Å². The zero-order valence-corrected chi connectivity index (χ0v) is 76.1. The van der Waals surface area contributed by atoms with Gasteiger partial charge in [-0.05, 0) is 162 Å². The minimum absolute atomic E-state index is 0.0253. The number of anilines is 2. The van der Waals surface area contributed by atoms with Gasteiger partial charge in [-0.2, -0.15) is 10.1 Å². The van der Waals surface area contributed by atoms with Crippen LogP contribution in [-0.4, -0.2) is 279 Å². The van der Waals surface area contributed by atoms with Crippen LogP contribution in [-0.2, 0) is 116 Å². The summed E-state index contributed by atoms with van der Waals surface area (Å²) in [7, 11) is 3.20. The summed E-state index contributed by atoms with van der Waals surface area (Å²) in [6.45, 7) is 17.2. The number of ether oxygens (including phenoxy) is 13. The Morgan fingerprint density at radius 3 is 2.06 bits per heavy atom. The molecule has 4 aliphatic rings. The lowest BCUT2D eigenvalue weighted by atomic mass is 9.80. The number of hydrogen-bond acceptors (Lipinski definition) is 30. The van der Waals surface area contributed by atoms with Crippen LogP contribution >= 0.6 is 0 Å². The van der Waals surface area contributed by atoms with Crippen LogP contribution in [0.3, 0.4) is 0 Å². The highest BCUT2D eigenvalue weighted by molar-refractivity contribution is 6.39. The van der Waals surface area contributed by atoms with Crippen molar-refractivity contribution in [2.24, 2.45) is 29.4 Å². The summed E-state index contributed by atoms with van der Waals surface area (Å²) in [6.07, 6.45) is 13.7. The smallest absolute Gasteiger partial charge is 0.329 e. The highest BCUT2D eigenvalue weighted by Crippen LogP contribution is 2.38. The van der Waals surface area contributed by atoms with Gasteiger partial charge >= 0.3 is 5.97 Å². The number of carbonyl (C=O) groups excluding carboxylic acids is 6. The third kappa shape index (κ3) is 32.2. The summed E-state index contributed by atoms with van der Waals surface area (Å²) < 4.78 is 84.9. The maximum Gasteiger partial charge on any atom is 0.329 e. The summed E-state index contributed by atoms with van der Waals surface area (Å²) in [5.41, 5.74) is 27.6. The van der Waals surface area contributed by atoms with E-state index in [0.717, 1.165) is 62.3 Å². The number of amides is 2. The Balaban J connectivity index is 0.531. The van der Waals surface area contributed by atoms with Crippen LogP contribution in [0.5, 0.6) is 0 Å². The molecule has 3 aromatic carbocycles. The minimum Gasteiger partial charge on any atom is -0.459 e. The first-order valence-electron chi connectivity index (χ1n) is 45.7. The summed E-state index contributed by atoms with van der Waals surface area (Å²) in [6, 6.07) is 17.5. The van der Waals surface area contributed by atoms with E-state index in [1.807, 2.05) is 116 Å². The second-order valence-electron chi connectivity index (χ2n) is 34.1. The van der Waals surface area contributed by atoms with E-state index in [-0.39, 0.29) is 86.8 Å². The molecule has 34 nitrogen and oxygen atoms in total. The molecule has 10 N–H and O–H groups in total. The maximum atomic E-state index is 14.6. The van der Waals surface area contributed by atoms with Crippen molar-refractivity contribution in [2.75, 3.05) is 145 Å². The maximum absolute atomic E-state index is 14.6. The average molecular weight is 1800 g/mol. The lowest BCUT2D eigenvalue weighted by Crippen LogP contribution is -2.58. The molecule has 2 bridgehead atoms. The van der Waals surface area contributed by atoms with Crippen molar-refractivity contribution < 1.29 is 110 Å². The van der Waals surface area contributed by atoms with Crippen LogP contribution < -0.4 is 22.5 Å². The SMILES string of the molecule is CO[C@H]1C[C@@H]2CCC[C@@](O)(O2)C(=O)C(=O)N2CCCC[C@H]2C(=O)O[C@H]([C@H](N)C[C@@H]2CC[C@@H](OCCCCc3cn(CCOCCOCCOCCOCCOCCOCCOCCOCCC(=O)NCc4ccc(Cn5nc(-c6ccc7oc(N)nc7c6)c6c(N)cccc65)cc4)nn3)[C@H](OC)C2)CC(=O)[C@H](C)/C=C(\C)[C@@H](O)[C@@H](O)C(=O)[C@H](C)C[C@H](C)/C=C/C=C/C=C/1C. The number of esters is 1. The van der Waals surface area contributed by atoms with Crippen LogP contribution in [0.25, 0.3) is 33.3 Å². The number of rotatable bonds is 43. The molecule has 2 amide bonds. The zero-order chi connectivity index (χ0) is 92.0. The molecule has 0 spiro atoms. The van der Waals surface area contributed by atoms with Gasteiger partial charge < -0.3 is 109 Å². The van der Waals surface area contributed by atoms with Gasteiger partial charge in [0, 0.05) is 94.9 Å². The normalized spacial score (nSPS) is 25.7. The molecule has 0 radical (unpaired) electrons. The molecule has 14 atom stereocenters. The molecular formula is C95H137N11O23. The van der Waals surface area contributed by atoms with Crippen molar-refractivity contribution in [3.05, 3.63) is 131 Å². The quantitative estimate of drug-likeness (QED) is 0.00617. The molecule has 10 rings (SSSR count). The number of cyclic esters (lactones) is 1. The second-order valence-corrected chi connectivity index (χ2v) is 34.1. The number of hydrogen-bond donors (Lipinski definition) is 7. The highest BCUT2D eigenvalue weighted by Gasteiger charge is 2.50. The van der Waals surface area contributed by atoms with Crippen molar-refractivity contribution in [3.8, 4) is 11.3 Å². The molecule has 3 aromatic heterocycles. The summed E-state index contributed by atoms with van der Waals surface area (Å²) in [4.78, 5) is 89.1. The van der Waals surface area contributed by atoms with Gasteiger partial charge in [0.1, 0.15) is 41.3 Å². The number of aliphatic hydroxyl groups excluding tert-OH is 2. The van der Waals surface area contributed by atoms with Crippen molar-refractivity contribution in [1.82, 2.24) is 40.0 Å². The molecule has 6 aromatic rings. The van der Waals surface area contributed by atoms with Crippen LogP contribution in [0.4, 0.5) is 11.7 Å². The van der Waals surface area contributed by atoms with Crippen LogP contribution in [0.2, 0.25) is 0 Å². The molecule has 710 valence electrons. The fourth-order valence-corrected chi connectivity index (χ4v) is 16.7. The molecule has 1 saturated carbocycles. The standard InChI is InChI=1S/C95H137N11O23/c1-63-17-9-8-10-18-64(2)82(116-6)58-73-20-16-33-95(115,129-73)91(112)92(113)105-34-13-11-22-78(105)93(114)127-83(59-79(107)65(3)54-67(5)89(110)90(111)88(109)66(4)53-63)75(97)55-70-28-30-81(84(56-70)117-7)126-36-14-12-19-72-62-104(103-101-72)35-38-119-40-42-121-44-46-123-48-50-125-52-51-124-49-47-122-45-43-120-41-39-118-37-32-85(108)99-60-68-24-26-69(27-25-68)61-106-77-23-15-21-74(96)86(77)87(102-106)71-29-31-80-76(57-71)100-94(98)128-80/h8-10,15,17-18,21,23-27,29,31,54,57,62-63,65-66,70,73,75,78,81-84,89-90,110-111,115H,11-14,16,19-20,22,28,30,32-53,55-56,58-61,96-97H2,1-7H3,(H2,98,100)(H,99,108)/b10-8+,17-9+,64-18+,67-54+/t63-,65-,66-,70+,73+,75-,78+,81-,82+,83+,84-,89-,90+,95-/m1/s1. The number of allylic oxidation sites excluding steroid dienone is 6.